The summed E-state index contributed by atoms with van der Waals surface area (Å²) in [5, 5.41) is 7.64. The van der Waals surface area contributed by atoms with E-state index in [0.717, 1.165) is 0 Å². The molecule has 0 aliphatic heterocycles. The fraction of sp³-hybridized carbons (Fsp3) is 0.0204. The number of fused-ring (bicyclic) bond motifs is 3. The second kappa shape index (κ2) is 12.1. The molecule has 0 spiro atoms. The van der Waals surface area contributed by atoms with Crippen LogP contribution >= 0.6 is 0 Å². The molecule has 230 valence electrons. The molecule has 0 aliphatic rings. The van der Waals surface area contributed by atoms with E-state index in [4.69, 9.17) is 0 Å². The smallest absolute Gasteiger partial charge is 0.00201 e. The number of aryl methyl sites for hydroxylation is 1. The number of rotatable bonds is 5. The summed E-state index contributed by atoms with van der Waals surface area (Å²) in [5.41, 5.74) is 13.8. The molecule has 0 unspecified atom stereocenters. The van der Waals surface area contributed by atoms with E-state index in [1.54, 1.807) is 0 Å². The van der Waals surface area contributed by atoms with Gasteiger partial charge in [-0.15, -0.1) is 0 Å². The Balaban J connectivity index is 1.19. The van der Waals surface area contributed by atoms with E-state index in [1.165, 1.54) is 93.5 Å². The van der Waals surface area contributed by atoms with Crippen LogP contribution in [0.15, 0.2) is 188 Å². The van der Waals surface area contributed by atoms with Crippen molar-refractivity contribution in [1.29, 1.82) is 0 Å². The van der Waals surface area contributed by atoms with Crippen LogP contribution in [-0.4, -0.2) is 0 Å². The van der Waals surface area contributed by atoms with Gasteiger partial charge >= 0.3 is 0 Å². The first-order valence-corrected chi connectivity index (χ1v) is 17.0. The van der Waals surface area contributed by atoms with Crippen molar-refractivity contribution < 1.29 is 0 Å². The average molecular weight is 623 g/mol. The third-order valence-electron chi connectivity index (χ3n) is 10.0. The normalized spacial score (nSPS) is 11.4. The molecule has 9 aromatic rings. The van der Waals surface area contributed by atoms with Gasteiger partial charge in [0.1, 0.15) is 0 Å². The van der Waals surface area contributed by atoms with Gasteiger partial charge in [0.2, 0.25) is 0 Å². The van der Waals surface area contributed by atoms with Crippen molar-refractivity contribution in [2.24, 2.45) is 0 Å². The third kappa shape index (κ3) is 5.01. The van der Waals surface area contributed by atoms with Crippen molar-refractivity contribution in [3.63, 3.8) is 0 Å². The SMILES string of the molecule is Cc1ccccc1-c1c2ccccc2c(-c2ccccc2-c2cccc(-c3ccc(-c4cccc5ccccc45)cc3)c2)c2ccccc12. The molecule has 9 aromatic carbocycles. The van der Waals surface area contributed by atoms with Gasteiger partial charge in [0.15, 0.2) is 0 Å². The fourth-order valence-corrected chi connectivity index (χ4v) is 7.70. The highest BCUT2D eigenvalue weighted by atomic mass is 14.2. The Morgan fingerprint density at radius 2 is 0.714 bits per heavy atom. The molecule has 0 bridgehead atoms. The summed E-state index contributed by atoms with van der Waals surface area (Å²) in [6.45, 7) is 2.21. The highest BCUT2D eigenvalue weighted by Gasteiger charge is 2.19. The molecule has 0 radical (unpaired) electrons. The Hall–Kier alpha value is -6.24. The van der Waals surface area contributed by atoms with Crippen LogP contribution in [-0.2, 0) is 0 Å². The maximum Gasteiger partial charge on any atom is -0.00201 e. The quantitative estimate of drug-likeness (QED) is 0.168. The molecular formula is C49H34. The van der Waals surface area contributed by atoms with E-state index in [9.17, 15) is 0 Å². The van der Waals surface area contributed by atoms with Crippen LogP contribution in [0.3, 0.4) is 0 Å². The Morgan fingerprint density at radius 3 is 1.39 bits per heavy atom. The van der Waals surface area contributed by atoms with Gasteiger partial charge in [0.05, 0.1) is 0 Å². The molecule has 0 heteroatoms. The minimum Gasteiger partial charge on any atom is -0.0620 e. The highest BCUT2D eigenvalue weighted by molar-refractivity contribution is 6.22. The predicted octanol–water partition coefficient (Wildman–Crippen LogP) is 13.8. The first-order chi connectivity index (χ1) is 24.2. The van der Waals surface area contributed by atoms with Gasteiger partial charge in [-0.05, 0) is 107 Å². The van der Waals surface area contributed by atoms with Crippen molar-refractivity contribution in [3.05, 3.63) is 194 Å². The third-order valence-corrected chi connectivity index (χ3v) is 10.0. The summed E-state index contributed by atoms with van der Waals surface area (Å²) >= 11 is 0. The van der Waals surface area contributed by atoms with Crippen molar-refractivity contribution in [2.75, 3.05) is 0 Å². The Morgan fingerprint density at radius 1 is 0.265 bits per heavy atom. The monoisotopic (exact) mass is 622 g/mol. The van der Waals surface area contributed by atoms with Gasteiger partial charge in [-0.1, -0.05) is 182 Å². The van der Waals surface area contributed by atoms with Crippen LogP contribution in [0.2, 0.25) is 0 Å². The first-order valence-electron chi connectivity index (χ1n) is 17.0. The molecule has 0 amide bonds. The minimum atomic E-state index is 1.21. The van der Waals surface area contributed by atoms with E-state index >= 15 is 0 Å². The van der Waals surface area contributed by atoms with Crippen LogP contribution in [0, 0.1) is 6.92 Å². The molecule has 0 nitrogen and oxygen atoms in total. The van der Waals surface area contributed by atoms with Crippen molar-refractivity contribution in [2.45, 2.75) is 6.92 Å². The second-order valence-electron chi connectivity index (χ2n) is 12.9. The topological polar surface area (TPSA) is 0 Å². The molecule has 0 heterocycles. The molecule has 0 atom stereocenters. The number of benzene rings is 9. The standard InChI is InChI=1S/C49H34/c1-33-14-2-4-19-39(33)48-44-23-8-10-25-46(44)49(47-26-11-9-24-45(47)48)43-22-7-6-21-42(43)38-18-12-17-37(32-38)34-28-30-36(31-29-34)41-27-13-16-35-15-3-5-20-40(35)41/h2-32H,1H3. The van der Waals surface area contributed by atoms with Crippen molar-refractivity contribution >= 4 is 32.3 Å². The van der Waals surface area contributed by atoms with E-state index in [1.807, 2.05) is 0 Å². The zero-order chi connectivity index (χ0) is 32.7. The largest absolute Gasteiger partial charge is 0.0620 e. The predicted molar refractivity (Wildman–Crippen MR) is 211 cm³/mol. The fourth-order valence-electron chi connectivity index (χ4n) is 7.70. The summed E-state index contributed by atoms with van der Waals surface area (Å²) in [6, 6.07) is 68.7. The van der Waals surface area contributed by atoms with Crippen molar-refractivity contribution in [1.82, 2.24) is 0 Å². The summed E-state index contributed by atoms with van der Waals surface area (Å²) in [6.07, 6.45) is 0. The Bertz CT molecular complexity index is 2600. The Labute approximate surface area is 287 Å². The first kappa shape index (κ1) is 28.9. The molecule has 0 fully saturated rings. The molecule has 0 saturated carbocycles. The number of hydrogen-bond acceptors (Lipinski definition) is 0. The van der Waals surface area contributed by atoms with Crippen LogP contribution in [0.5, 0.6) is 0 Å². The van der Waals surface area contributed by atoms with E-state index in [0.29, 0.717) is 0 Å². The maximum absolute atomic E-state index is 2.35. The van der Waals surface area contributed by atoms with Crippen molar-refractivity contribution in [3.8, 4) is 55.6 Å². The minimum absolute atomic E-state index is 1.21. The molecule has 0 N–H and O–H groups in total. The van der Waals surface area contributed by atoms with Gasteiger partial charge in [-0.3, -0.25) is 0 Å². The molecule has 0 saturated heterocycles. The van der Waals surface area contributed by atoms with Crippen LogP contribution < -0.4 is 0 Å². The lowest BCUT2D eigenvalue weighted by molar-refractivity contribution is 1.47. The maximum atomic E-state index is 2.35. The van der Waals surface area contributed by atoms with E-state index < -0.39 is 0 Å². The highest BCUT2D eigenvalue weighted by Crippen LogP contribution is 2.46. The van der Waals surface area contributed by atoms with Gasteiger partial charge in [0.25, 0.3) is 0 Å². The van der Waals surface area contributed by atoms with E-state index in [-0.39, 0.29) is 0 Å². The Kier molecular flexibility index (Phi) is 7.14. The summed E-state index contributed by atoms with van der Waals surface area (Å²) in [7, 11) is 0. The van der Waals surface area contributed by atoms with Gasteiger partial charge in [-0.25, -0.2) is 0 Å². The average Bonchev–Trinajstić information content (AvgIpc) is 3.17. The molecular weight excluding hydrogens is 589 g/mol. The lowest BCUT2D eigenvalue weighted by atomic mass is 9.83. The second-order valence-corrected chi connectivity index (χ2v) is 12.9. The van der Waals surface area contributed by atoms with Gasteiger partial charge in [-0.2, -0.15) is 0 Å². The zero-order valence-corrected chi connectivity index (χ0v) is 27.4. The summed E-state index contributed by atoms with van der Waals surface area (Å²) in [4.78, 5) is 0. The van der Waals surface area contributed by atoms with Gasteiger partial charge in [0, 0.05) is 0 Å². The molecule has 0 aliphatic carbocycles. The molecule has 49 heavy (non-hydrogen) atoms. The van der Waals surface area contributed by atoms with Crippen LogP contribution in [0.4, 0.5) is 0 Å². The van der Waals surface area contributed by atoms with E-state index in [2.05, 4.69) is 195 Å². The molecule has 9 rings (SSSR count). The summed E-state index contributed by atoms with van der Waals surface area (Å²) in [5.74, 6) is 0. The lowest BCUT2D eigenvalue weighted by Gasteiger charge is -2.20. The van der Waals surface area contributed by atoms with Gasteiger partial charge < -0.3 is 0 Å². The zero-order valence-electron chi connectivity index (χ0n) is 27.4. The lowest BCUT2D eigenvalue weighted by Crippen LogP contribution is -1.93. The summed E-state index contributed by atoms with van der Waals surface area (Å²) < 4.78 is 0. The number of hydrogen-bond donors (Lipinski definition) is 0. The molecule has 0 aromatic heterocycles. The van der Waals surface area contributed by atoms with Crippen LogP contribution in [0.1, 0.15) is 5.56 Å². The van der Waals surface area contributed by atoms with Crippen LogP contribution in [0.25, 0.3) is 88.0 Å².